The van der Waals surface area contributed by atoms with E-state index in [1.54, 1.807) is 0 Å². The highest BCUT2D eigenvalue weighted by molar-refractivity contribution is 5.12. The van der Waals surface area contributed by atoms with Crippen LogP contribution < -0.4 is 5.73 Å². The second kappa shape index (κ2) is 6.31. The van der Waals surface area contributed by atoms with Crippen molar-refractivity contribution in [1.29, 1.82) is 0 Å². The minimum atomic E-state index is -0.0787. The predicted octanol–water partition coefficient (Wildman–Crippen LogP) is 1.01. The summed E-state index contributed by atoms with van der Waals surface area (Å²) in [5.41, 5.74) is 7.36. The minimum Gasteiger partial charge on any atom is -0.374 e. The van der Waals surface area contributed by atoms with Crippen LogP contribution in [0.4, 0.5) is 0 Å². The molecular weight excluding hydrogens is 228 g/mol. The lowest BCUT2D eigenvalue weighted by Crippen LogP contribution is -2.47. The average molecular weight is 252 g/mol. The summed E-state index contributed by atoms with van der Waals surface area (Å²) in [4.78, 5) is 2.43. The first-order valence-electron chi connectivity index (χ1n) is 6.86. The van der Waals surface area contributed by atoms with Gasteiger partial charge in [0, 0.05) is 31.4 Å². The normalized spacial score (nSPS) is 23.2. The van der Waals surface area contributed by atoms with Crippen LogP contribution in [0.1, 0.15) is 31.9 Å². The molecule has 2 atom stereocenters. The number of aryl methyl sites for hydroxylation is 1. The van der Waals surface area contributed by atoms with Crippen molar-refractivity contribution in [1.82, 2.24) is 14.7 Å². The number of nitrogens with zero attached hydrogens (tertiary/aromatic N) is 3. The van der Waals surface area contributed by atoms with E-state index in [0.717, 1.165) is 38.3 Å². The van der Waals surface area contributed by atoms with E-state index < -0.39 is 0 Å². The Balaban J connectivity index is 1.97. The molecule has 0 amide bonds. The van der Waals surface area contributed by atoms with Gasteiger partial charge in [-0.3, -0.25) is 9.58 Å². The predicted molar refractivity (Wildman–Crippen MR) is 71.3 cm³/mol. The van der Waals surface area contributed by atoms with Crippen LogP contribution in [-0.4, -0.2) is 47.0 Å². The first-order valence-corrected chi connectivity index (χ1v) is 6.86. The molecule has 1 aliphatic rings. The van der Waals surface area contributed by atoms with Gasteiger partial charge in [-0.1, -0.05) is 6.92 Å². The van der Waals surface area contributed by atoms with Crippen molar-refractivity contribution in [2.45, 2.75) is 39.0 Å². The van der Waals surface area contributed by atoms with Gasteiger partial charge in [0.15, 0.2) is 0 Å². The Kier molecular flexibility index (Phi) is 4.74. The molecule has 0 spiro atoms. The number of aromatic nitrogens is 2. The third-order valence-electron chi connectivity index (χ3n) is 3.48. The van der Waals surface area contributed by atoms with Gasteiger partial charge >= 0.3 is 0 Å². The van der Waals surface area contributed by atoms with Crippen LogP contribution in [0, 0.1) is 0 Å². The van der Waals surface area contributed by atoms with Gasteiger partial charge in [0.2, 0.25) is 0 Å². The van der Waals surface area contributed by atoms with Crippen LogP contribution in [0.25, 0.3) is 0 Å². The van der Waals surface area contributed by atoms with Crippen molar-refractivity contribution >= 4 is 0 Å². The molecule has 2 heterocycles. The maximum absolute atomic E-state index is 6.29. The van der Waals surface area contributed by atoms with Crippen molar-refractivity contribution in [3.63, 3.8) is 0 Å². The number of nitrogens with two attached hydrogens (primary N) is 1. The van der Waals surface area contributed by atoms with Crippen LogP contribution in [0.2, 0.25) is 0 Å². The zero-order chi connectivity index (χ0) is 13.0. The first kappa shape index (κ1) is 13.5. The monoisotopic (exact) mass is 252 g/mol. The molecular formula is C13H24N4O. The average Bonchev–Trinajstić information content (AvgIpc) is 2.87. The molecule has 1 aromatic rings. The van der Waals surface area contributed by atoms with Crippen LogP contribution >= 0.6 is 0 Å². The van der Waals surface area contributed by atoms with Gasteiger partial charge < -0.3 is 10.5 Å². The molecule has 5 nitrogen and oxygen atoms in total. The maximum atomic E-state index is 6.29. The summed E-state index contributed by atoms with van der Waals surface area (Å²) in [6.07, 6.45) is 5.14. The highest BCUT2D eigenvalue weighted by atomic mass is 16.5. The number of hydrogen-bond acceptors (Lipinski definition) is 4. The summed E-state index contributed by atoms with van der Waals surface area (Å²) in [5, 5.41) is 4.27. The van der Waals surface area contributed by atoms with E-state index >= 15 is 0 Å². The Morgan fingerprint density at radius 2 is 2.39 bits per heavy atom. The number of hydrogen-bond donors (Lipinski definition) is 1. The van der Waals surface area contributed by atoms with Gasteiger partial charge in [0.25, 0.3) is 0 Å². The molecule has 1 fully saturated rings. The fourth-order valence-corrected chi connectivity index (χ4v) is 2.41. The van der Waals surface area contributed by atoms with Crippen molar-refractivity contribution in [3.05, 3.63) is 18.0 Å². The van der Waals surface area contributed by atoms with E-state index in [0.29, 0.717) is 0 Å². The quantitative estimate of drug-likeness (QED) is 0.850. The topological polar surface area (TPSA) is 56.3 Å². The van der Waals surface area contributed by atoms with Crippen molar-refractivity contribution < 1.29 is 4.74 Å². The third kappa shape index (κ3) is 3.10. The molecule has 0 radical (unpaired) electrons. The van der Waals surface area contributed by atoms with Gasteiger partial charge in [-0.05, 0) is 19.9 Å². The molecule has 102 valence electrons. The highest BCUT2D eigenvalue weighted by Gasteiger charge is 2.27. The molecule has 0 bridgehead atoms. The fraction of sp³-hybridized carbons (Fsp3) is 0.769. The summed E-state index contributed by atoms with van der Waals surface area (Å²) in [6.45, 7) is 9.00. The van der Waals surface area contributed by atoms with Gasteiger partial charge in [-0.2, -0.15) is 5.10 Å². The van der Waals surface area contributed by atoms with Crippen molar-refractivity contribution in [2.75, 3.05) is 26.2 Å². The van der Waals surface area contributed by atoms with E-state index in [-0.39, 0.29) is 12.1 Å². The van der Waals surface area contributed by atoms with Crippen LogP contribution in [0.3, 0.4) is 0 Å². The lowest BCUT2D eigenvalue weighted by atomic mass is 10.0. The van der Waals surface area contributed by atoms with Crippen molar-refractivity contribution in [2.24, 2.45) is 5.73 Å². The summed E-state index contributed by atoms with van der Waals surface area (Å²) in [6, 6.07) is -0.0787. The van der Waals surface area contributed by atoms with Gasteiger partial charge in [-0.25, -0.2) is 0 Å². The Labute approximate surface area is 109 Å². The smallest absolute Gasteiger partial charge is 0.0895 e. The number of rotatable bonds is 5. The summed E-state index contributed by atoms with van der Waals surface area (Å²) >= 11 is 0. The molecule has 2 N–H and O–H groups in total. The van der Waals surface area contributed by atoms with Crippen molar-refractivity contribution in [3.8, 4) is 0 Å². The summed E-state index contributed by atoms with van der Waals surface area (Å²) in [5.74, 6) is 0. The second-order valence-corrected chi connectivity index (χ2v) is 4.86. The molecule has 2 unspecified atom stereocenters. The Bertz CT molecular complexity index is 364. The summed E-state index contributed by atoms with van der Waals surface area (Å²) < 4.78 is 7.71. The molecule has 0 aromatic carbocycles. The van der Waals surface area contributed by atoms with E-state index in [1.165, 1.54) is 6.42 Å². The Morgan fingerprint density at radius 3 is 3.06 bits per heavy atom. The van der Waals surface area contributed by atoms with E-state index in [1.807, 2.05) is 17.1 Å². The van der Waals surface area contributed by atoms with E-state index in [9.17, 15) is 0 Å². The van der Waals surface area contributed by atoms with E-state index in [4.69, 9.17) is 10.5 Å². The standard InChI is InChI=1S/C13H24N4O/c1-3-5-16-6-7-18-12(10-16)13(14)11-8-15-17(4-2)9-11/h8-9,12-13H,3-7,10,14H2,1-2H3. The molecule has 1 saturated heterocycles. The van der Waals surface area contributed by atoms with Crippen LogP contribution in [0.5, 0.6) is 0 Å². The van der Waals surface area contributed by atoms with Gasteiger partial charge in [-0.15, -0.1) is 0 Å². The Morgan fingerprint density at radius 1 is 1.56 bits per heavy atom. The molecule has 0 saturated carbocycles. The van der Waals surface area contributed by atoms with Crippen LogP contribution in [-0.2, 0) is 11.3 Å². The highest BCUT2D eigenvalue weighted by Crippen LogP contribution is 2.19. The molecule has 2 rings (SSSR count). The zero-order valence-corrected chi connectivity index (χ0v) is 11.4. The molecule has 5 heteroatoms. The summed E-state index contributed by atoms with van der Waals surface area (Å²) in [7, 11) is 0. The second-order valence-electron chi connectivity index (χ2n) is 4.86. The lowest BCUT2D eigenvalue weighted by Gasteiger charge is -2.35. The number of morpholine rings is 1. The van der Waals surface area contributed by atoms with Gasteiger partial charge in [0.1, 0.15) is 0 Å². The zero-order valence-electron chi connectivity index (χ0n) is 11.4. The maximum Gasteiger partial charge on any atom is 0.0895 e. The lowest BCUT2D eigenvalue weighted by molar-refractivity contribution is -0.0408. The minimum absolute atomic E-state index is 0.0787. The number of ether oxygens (including phenoxy) is 1. The first-order chi connectivity index (χ1) is 8.74. The fourth-order valence-electron chi connectivity index (χ4n) is 2.41. The van der Waals surface area contributed by atoms with E-state index in [2.05, 4.69) is 23.8 Å². The SMILES string of the molecule is CCCN1CCOC(C(N)c2cnn(CC)c2)C1. The van der Waals surface area contributed by atoms with Gasteiger partial charge in [0.05, 0.1) is 24.9 Å². The third-order valence-corrected chi connectivity index (χ3v) is 3.48. The Hall–Kier alpha value is -0.910. The molecule has 1 aliphatic heterocycles. The molecule has 0 aliphatic carbocycles. The largest absolute Gasteiger partial charge is 0.374 e. The van der Waals surface area contributed by atoms with Crippen LogP contribution in [0.15, 0.2) is 12.4 Å². The molecule has 1 aromatic heterocycles. The molecule has 18 heavy (non-hydrogen) atoms.